The molecular weight excluding hydrogens is 254 g/mol. The minimum Gasteiger partial charge on any atom is -0.356 e. The van der Waals surface area contributed by atoms with E-state index in [0.717, 1.165) is 42.4 Å². The summed E-state index contributed by atoms with van der Waals surface area (Å²) in [6.45, 7) is 3.20. The maximum atomic E-state index is 4.45. The zero-order chi connectivity index (χ0) is 13.4. The molecule has 0 bridgehead atoms. The van der Waals surface area contributed by atoms with Crippen molar-refractivity contribution >= 4 is 16.9 Å². The van der Waals surface area contributed by atoms with Crippen LogP contribution in [0.1, 0.15) is 19.3 Å². The molecule has 20 heavy (non-hydrogen) atoms. The van der Waals surface area contributed by atoms with E-state index in [9.17, 15) is 0 Å². The molecular formula is C13H19N7. The fourth-order valence-electron chi connectivity index (χ4n) is 3.37. The third-order valence-electron chi connectivity index (χ3n) is 4.50. The zero-order valence-corrected chi connectivity index (χ0v) is 11.3. The second-order valence-electron chi connectivity index (χ2n) is 5.62. The molecule has 4 heterocycles. The number of fused-ring (bicyclic) bond motifs is 1. The highest BCUT2D eigenvalue weighted by Crippen LogP contribution is 2.28. The molecule has 2 aromatic heterocycles. The average molecular weight is 273 g/mol. The molecule has 2 aromatic rings. The van der Waals surface area contributed by atoms with Gasteiger partial charge in [-0.15, -0.1) is 0 Å². The normalized spacial score (nSPS) is 24.6. The Labute approximate surface area is 117 Å². The topological polar surface area (TPSA) is 81.8 Å². The molecule has 0 aliphatic carbocycles. The van der Waals surface area contributed by atoms with E-state index >= 15 is 0 Å². The smallest absolute Gasteiger partial charge is 0.160 e. The fraction of sp³-hybridized carbons (Fsp3) is 0.615. The summed E-state index contributed by atoms with van der Waals surface area (Å²) in [6.07, 6.45) is 7.10. The first-order valence-corrected chi connectivity index (χ1v) is 7.29. The van der Waals surface area contributed by atoms with Gasteiger partial charge in [-0.2, -0.15) is 5.10 Å². The molecule has 7 nitrogen and oxygen atoms in total. The van der Waals surface area contributed by atoms with Crippen molar-refractivity contribution in [3.05, 3.63) is 12.5 Å². The van der Waals surface area contributed by atoms with Crippen LogP contribution in [0, 0.1) is 5.92 Å². The van der Waals surface area contributed by atoms with Gasteiger partial charge in [-0.05, 0) is 25.2 Å². The Kier molecular flexibility index (Phi) is 3.00. The van der Waals surface area contributed by atoms with E-state index in [2.05, 4.69) is 35.9 Å². The van der Waals surface area contributed by atoms with Gasteiger partial charge in [0, 0.05) is 25.7 Å². The molecule has 2 fully saturated rings. The van der Waals surface area contributed by atoms with Gasteiger partial charge in [-0.3, -0.25) is 16.0 Å². The lowest BCUT2D eigenvalue weighted by Gasteiger charge is -2.35. The maximum Gasteiger partial charge on any atom is 0.160 e. The van der Waals surface area contributed by atoms with Gasteiger partial charge in [0.2, 0.25) is 0 Å². The van der Waals surface area contributed by atoms with Crippen molar-refractivity contribution in [2.45, 2.75) is 25.3 Å². The Morgan fingerprint density at radius 1 is 1.15 bits per heavy atom. The van der Waals surface area contributed by atoms with Crippen molar-refractivity contribution in [3.63, 3.8) is 0 Å². The second kappa shape index (κ2) is 4.99. The van der Waals surface area contributed by atoms with Crippen LogP contribution in [0.3, 0.4) is 0 Å². The number of hydrazine groups is 1. The number of rotatable bonds is 2. The first-order valence-electron chi connectivity index (χ1n) is 7.29. The number of piperidine rings is 1. The molecule has 4 rings (SSSR count). The monoisotopic (exact) mass is 273 g/mol. The number of aromatic nitrogens is 4. The predicted octanol–water partition coefficient (Wildman–Crippen LogP) is 0.436. The number of nitrogens with zero attached hydrogens (tertiary/aromatic N) is 4. The molecule has 0 aromatic carbocycles. The summed E-state index contributed by atoms with van der Waals surface area (Å²) in [4.78, 5) is 11.0. The highest BCUT2D eigenvalue weighted by molar-refractivity contribution is 5.86. The summed E-state index contributed by atoms with van der Waals surface area (Å²) >= 11 is 0. The number of H-pyrrole nitrogens is 1. The molecule has 1 atom stereocenters. The van der Waals surface area contributed by atoms with Crippen molar-refractivity contribution in [3.8, 4) is 0 Å². The summed E-state index contributed by atoms with van der Waals surface area (Å²) in [5.41, 5.74) is 7.45. The van der Waals surface area contributed by atoms with E-state index in [1.807, 2.05) is 6.20 Å². The minimum absolute atomic E-state index is 0.636. The van der Waals surface area contributed by atoms with Crippen LogP contribution >= 0.6 is 0 Å². The van der Waals surface area contributed by atoms with Crippen molar-refractivity contribution in [1.29, 1.82) is 0 Å². The largest absolute Gasteiger partial charge is 0.356 e. The SMILES string of the molecule is c1nc(N2CCC(C3CCNN3)CC2)c2cn[nH]c2n1. The van der Waals surface area contributed by atoms with Gasteiger partial charge in [0.1, 0.15) is 12.1 Å². The molecule has 2 aliphatic rings. The lowest BCUT2D eigenvalue weighted by molar-refractivity contribution is 0.310. The van der Waals surface area contributed by atoms with E-state index in [0.29, 0.717) is 6.04 Å². The second-order valence-corrected chi connectivity index (χ2v) is 5.62. The lowest BCUT2D eigenvalue weighted by Crippen LogP contribution is -2.43. The van der Waals surface area contributed by atoms with Crippen LogP contribution < -0.4 is 15.8 Å². The van der Waals surface area contributed by atoms with E-state index < -0.39 is 0 Å². The third kappa shape index (κ3) is 2.03. The Morgan fingerprint density at radius 2 is 2.05 bits per heavy atom. The average Bonchev–Trinajstić information content (AvgIpc) is 3.18. The van der Waals surface area contributed by atoms with Crippen molar-refractivity contribution < 1.29 is 0 Å². The van der Waals surface area contributed by atoms with Gasteiger partial charge in [-0.25, -0.2) is 9.97 Å². The summed E-state index contributed by atoms with van der Waals surface area (Å²) < 4.78 is 0. The van der Waals surface area contributed by atoms with Crippen LogP contribution in [0.5, 0.6) is 0 Å². The minimum atomic E-state index is 0.636. The Balaban J connectivity index is 1.50. The van der Waals surface area contributed by atoms with Gasteiger partial charge in [0.05, 0.1) is 11.6 Å². The van der Waals surface area contributed by atoms with E-state index in [4.69, 9.17) is 0 Å². The number of hydrogen-bond donors (Lipinski definition) is 3. The van der Waals surface area contributed by atoms with Gasteiger partial charge in [0.15, 0.2) is 5.65 Å². The number of nitrogens with one attached hydrogen (secondary N) is 3. The van der Waals surface area contributed by atoms with Crippen LogP contribution in [-0.4, -0.2) is 45.8 Å². The van der Waals surface area contributed by atoms with E-state index in [1.54, 1.807) is 6.33 Å². The zero-order valence-electron chi connectivity index (χ0n) is 11.3. The van der Waals surface area contributed by atoms with Gasteiger partial charge < -0.3 is 4.90 Å². The van der Waals surface area contributed by atoms with Crippen LogP contribution in [0.25, 0.3) is 11.0 Å². The van der Waals surface area contributed by atoms with E-state index in [1.165, 1.54) is 19.3 Å². The van der Waals surface area contributed by atoms with Gasteiger partial charge >= 0.3 is 0 Å². The Morgan fingerprint density at radius 3 is 2.85 bits per heavy atom. The summed E-state index contributed by atoms with van der Waals surface area (Å²) in [6, 6.07) is 0.636. The lowest BCUT2D eigenvalue weighted by atomic mass is 9.88. The maximum absolute atomic E-state index is 4.45. The number of hydrogen-bond acceptors (Lipinski definition) is 6. The van der Waals surface area contributed by atoms with Crippen LogP contribution in [-0.2, 0) is 0 Å². The first-order chi connectivity index (χ1) is 9.92. The molecule has 0 spiro atoms. The van der Waals surface area contributed by atoms with Crippen LogP contribution in [0.2, 0.25) is 0 Å². The predicted molar refractivity (Wildman–Crippen MR) is 76.2 cm³/mol. The summed E-state index contributed by atoms with van der Waals surface area (Å²) in [5, 5.41) is 7.99. The van der Waals surface area contributed by atoms with Crippen molar-refractivity contribution in [2.24, 2.45) is 5.92 Å². The summed E-state index contributed by atoms with van der Waals surface area (Å²) in [5.74, 6) is 1.78. The standard InChI is InChI=1S/C13H19N7/c1-4-16-18-11(1)9-2-5-20(6-3-9)13-10-7-17-19-12(10)14-8-15-13/h7-9,11,16,18H,1-6H2,(H,14,15,17,19). The van der Waals surface area contributed by atoms with Gasteiger partial charge in [0.25, 0.3) is 0 Å². The molecule has 1 unspecified atom stereocenters. The highest BCUT2D eigenvalue weighted by atomic mass is 15.4. The molecule has 0 saturated carbocycles. The highest BCUT2D eigenvalue weighted by Gasteiger charge is 2.29. The first kappa shape index (κ1) is 12.0. The third-order valence-corrected chi connectivity index (χ3v) is 4.50. The Bertz CT molecular complexity index is 581. The number of anilines is 1. The van der Waals surface area contributed by atoms with Crippen molar-refractivity contribution in [2.75, 3.05) is 24.5 Å². The molecule has 106 valence electrons. The summed E-state index contributed by atoms with van der Waals surface area (Å²) in [7, 11) is 0. The van der Waals surface area contributed by atoms with E-state index in [-0.39, 0.29) is 0 Å². The quantitative estimate of drug-likeness (QED) is 0.736. The molecule has 2 aliphatic heterocycles. The number of aromatic amines is 1. The molecule has 2 saturated heterocycles. The molecule has 0 radical (unpaired) electrons. The Hall–Kier alpha value is -1.73. The molecule has 7 heteroatoms. The molecule has 3 N–H and O–H groups in total. The van der Waals surface area contributed by atoms with Crippen molar-refractivity contribution in [1.82, 2.24) is 31.0 Å². The van der Waals surface area contributed by atoms with Crippen LogP contribution in [0.15, 0.2) is 12.5 Å². The van der Waals surface area contributed by atoms with Crippen LogP contribution in [0.4, 0.5) is 5.82 Å². The van der Waals surface area contributed by atoms with Gasteiger partial charge in [-0.1, -0.05) is 0 Å². The molecule has 0 amide bonds. The fourth-order valence-corrected chi connectivity index (χ4v) is 3.37.